The van der Waals surface area contributed by atoms with Gasteiger partial charge in [0, 0.05) is 0 Å². The Bertz CT molecular complexity index is 276. The first kappa shape index (κ1) is 8.72. The molecule has 2 bridgehead atoms. The molecule has 4 saturated carbocycles. The fourth-order valence-electron chi connectivity index (χ4n) is 3.99. The van der Waals surface area contributed by atoms with Crippen molar-refractivity contribution < 1.29 is 9.90 Å². The SMILES string of the molecule is NC(C(=O)O)C12CC(C3CCC3)(C1)C2. The highest BCUT2D eigenvalue weighted by molar-refractivity contribution is 5.75. The van der Waals surface area contributed by atoms with Gasteiger partial charge in [-0.05, 0) is 48.9 Å². The van der Waals surface area contributed by atoms with E-state index in [1.807, 2.05) is 0 Å². The maximum atomic E-state index is 10.8. The van der Waals surface area contributed by atoms with Gasteiger partial charge in [0.25, 0.3) is 0 Å². The molecule has 1 unspecified atom stereocenters. The first-order chi connectivity index (χ1) is 6.58. The second kappa shape index (κ2) is 2.32. The van der Waals surface area contributed by atoms with Gasteiger partial charge in [-0.1, -0.05) is 6.42 Å². The summed E-state index contributed by atoms with van der Waals surface area (Å²) in [7, 11) is 0. The number of hydrogen-bond acceptors (Lipinski definition) is 2. The first-order valence-electron chi connectivity index (χ1n) is 5.56. The van der Waals surface area contributed by atoms with E-state index in [1.54, 1.807) is 0 Å². The number of carboxylic acid groups (broad SMARTS) is 1. The molecule has 4 rings (SSSR count). The third-order valence-corrected chi connectivity index (χ3v) is 5.01. The lowest BCUT2D eigenvalue weighted by Crippen LogP contribution is -2.73. The quantitative estimate of drug-likeness (QED) is 0.715. The van der Waals surface area contributed by atoms with Gasteiger partial charge in [0.15, 0.2) is 0 Å². The zero-order chi connectivity index (χ0) is 9.97. The highest BCUT2D eigenvalue weighted by Crippen LogP contribution is 2.79. The molecule has 0 heterocycles. The molecular weight excluding hydrogens is 178 g/mol. The smallest absolute Gasteiger partial charge is 0.321 e. The van der Waals surface area contributed by atoms with Gasteiger partial charge >= 0.3 is 5.97 Å². The minimum Gasteiger partial charge on any atom is -0.480 e. The molecular formula is C11H17NO2. The molecule has 4 aliphatic carbocycles. The van der Waals surface area contributed by atoms with Crippen LogP contribution in [0.3, 0.4) is 0 Å². The molecule has 0 radical (unpaired) electrons. The lowest BCUT2D eigenvalue weighted by atomic mass is 9.29. The van der Waals surface area contributed by atoms with Crippen LogP contribution in [0.5, 0.6) is 0 Å². The Balaban J connectivity index is 1.65. The zero-order valence-electron chi connectivity index (χ0n) is 8.33. The van der Waals surface area contributed by atoms with Crippen molar-refractivity contribution in [2.75, 3.05) is 0 Å². The van der Waals surface area contributed by atoms with Crippen molar-refractivity contribution in [2.45, 2.75) is 44.6 Å². The molecule has 0 saturated heterocycles. The Morgan fingerprint density at radius 2 is 1.93 bits per heavy atom. The Labute approximate surface area is 83.7 Å². The number of carboxylic acids is 1. The van der Waals surface area contributed by atoms with E-state index in [-0.39, 0.29) is 5.41 Å². The number of rotatable bonds is 3. The van der Waals surface area contributed by atoms with Gasteiger partial charge in [0.2, 0.25) is 0 Å². The largest absolute Gasteiger partial charge is 0.480 e. The maximum Gasteiger partial charge on any atom is 0.321 e. The van der Waals surface area contributed by atoms with Crippen LogP contribution in [0.4, 0.5) is 0 Å². The summed E-state index contributed by atoms with van der Waals surface area (Å²) in [5.74, 6) is 0.0947. The van der Waals surface area contributed by atoms with Gasteiger partial charge in [-0.2, -0.15) is 0 Å². The van der Waals surface area contributed by atoms with Gasteiger partial charge in [0.1, 0.15) is 6.04 Å². The molecule has 0 aromatic rings. The van der Waals surface area contributed by atoms with Crippen LogP contribution in [-0.2, 0) is 4.79 Å². The maximum absolute atomic E-state index is 10.8. The molecule has 1 atom stereocenters. The van der Waals surface area contributed by atoms with E-state index in [4.69, 9.17) is 10.8 Å². The summed E-state index contributed by atoms with van der Waals surface area (Å²) >= 11 is 0. The fourth-order valence-corrected chi connectivity index (χ4v) is 3.99. The Morgan fingerprint density at radius 3 is 2.29 bits per heavy atom. The zero-order valence-corrected chi connectivity index (χ0v) is 8.33. The van der Waals surface area contributed by atoms with Crippen molar-refractivity contribution in [3.63, 3.8) is 0 Å². The molecule has 0 aromatic heterocycles. The van der Waals surface area contributed by atoms with Crippen LogP contribution in [0.25, 0.3) is 0 Å². The minimum absolute atomic E-state index is 0.00141. The van der Waals surface area contributed by atoms with Gasteiger partial charge in [0.05, 0.1) is 0 Å². The first-order valence-corrected chi connectivity index (χ1v) is 5.56. The van der Waals surface area contributed by atoms with Crippen LogP contribution < -0.4 is 5.73 Å². The third kappa shape index (κ3) is 0.800. The number of hydrogen-bond donors (Lipinski definition) is 2. The molecule has 4 fully saturated rings. The van der Waals surface area contributed by atoms with Crippen molar-refractivity contribution in [3.8, 4) is 0 Å². The summed E-state index contributed by atoms with van der Waals surface area (Å²) in [5, 5.41) is 8.88. The van der Waals surface area contributed by atoms with Crippen molar-refractivity contribution in [3.05, 3.63) is 0 Å². The van der Waals surface area contributed by atoms with Gasteiger partial charge < -0.3 is 10.8 Å². The second-order valence-corrected chi connectivity index (χ2v) is 5.70. The summed E-state index contributed by atoms with van der Waals surface area (Å²) in [6, 6.07) is -0.607. The molecule has 0 spiro atoms. The molecule has 3 N–H and O–H groups in total. The number of aliphatic carboxylic acids is 1. The second-order valence-electron chi connectivity index (χ2n) is 5.70. The summed E-state index contributed by atoms with van der Waals surface area (Å²) in [4.78, 5) is 10.8. The monoisotopic (exact) mass is 195 g/mol. The Kier molecular flexibility index (Phi) is 1.45. The molecule has 78 valence electrons. The van der Waals surface area contributed by atoms with Crippen molar-refractivity contribution >= 4 is 5.97 Å². The fraction of sp³-hybridized carbons (Fsp3) is 0.909. The van der Waals surface area contributed by atoms with Crippen molar-refractivity contribution in [1.29, 1.82) is 0 Å². The van der Waals surface area contributed by atoms with E-state index in [1.165, 1.54) is 19.3 Å². The van der Waals surface area contributed by atoms with Crippen molar-refractivity contribution in [2.24, 2.45) is 22.5 Å². The van der Waals surface area contributed by atoms with Crippen LogP contribution in [0.15, 0.2) is 0 Å². The molecule has 3 nitrogen and oxygen atoms in total. The van der Waals surface area contributed by atoms with Gasteiger partial charge in [-0.15, -0.1) is 0 Å². The standard InChI is InChI=1S/C11H17NO2/c12-8(9(13)14)11-4-10(5-11,6-11)7-2-1-3-7/h7-8H,1-6,12H2,(H,13,14). The molecule has 0 aromatic carbocycles. The molecule has 3 heteroatoms. The van der Waals surface area contributed by atoms with Crippen LogP contribution in [0, 0.1) is 16.7 Å². The molecule has 14 heavy (non-hydrogen) atoms. The highest BCUT2D eigenvalue weighted by Gasteiger charge is 2.73. The van der Waals surface area contributed by atoms with E-state index in [0.717, 1.165) is 25.2 Å². The Hall–Kier alpha value is -0.570. The molecule has 4 aliphatic rings. The lowest BCUT2D eigenvalue weighted by Gasteiger charge is -2.76. The van der Waals surface area contributed by atoms with E-state index in [9.17, 15) is 4.79 Å². The van der Waals surface area contributed by atoms with E-state index < -0.39 is 12.0 Å². The minimum atomic E-state index is -0.813. The molecule has 0 amide bonds. The predicted octanol–water partition coefficient (Wildman–Crippen LogP) is 1.37. The predicted molar refractivity (Wildman–Crippen MR) is 51.7 cm³/mol. The van der Waals surface area contributed by atoms with E-state index in [0.29, 0.717) is 5.41 Å². The summed E-state index contributed by atoms with van der Waals surface area (Å²) in [6.45, 7) is 0. The van der Waals surface area contributed by atoms with Crippen LogP contribution >= 0.6 is 0 Å². The summed E-state index contributed by atoms with van der Waals surface area (Å²) < 4.78 is 0. The van der Waals surface area contributed by atoms with Crippen molar-refractivity contribution in [1.82, 2.24) is 0 Å². The number of carbonyl (C=O) groups is 1. The average Bonchev–Trinajstić information content (AvgIpc) is 1.87. The van der Waals surface area contributed by atoms with Crippen LogP contribution in [-0.4, -0.2) is 17.1 Å². The topological polar surface area (TPSA) is 63.3 Å². The molecule has 0 aliphatic heterocycles. The third-order valence-electron chi connectivity index (χ3n) is 5.01. The summed E-state index contributed by atoms with van der Waals surface area (Å²) in [6.07, 6.45) is 7.41. The summed E-state index contributed by atoms with van der Waals surface area (Å²) in [5.41, 5.74) is 6.26. The van der Waals surface area contributed by atoms with Gasteiger partial charge in [-0.25, -0.2) is 0 Å². The van der Waals surface area contributed by atoms with Crippen LogP contribution in [0.1, 0.15) is 38.5 Å². The average molecular weight is 195 g/mol. The normalized spacial score (nSPS) is 47.2. The van der Waals surface area contributed by atoms with E-state index in [2.05, 4.69) is 0 Å². The van der Waals surface area contributed by atoms with Gasteiger partial charge in [-0.3, -0.25) is 4.79 Å². The lowest BCUT2D eigenvalue weighted by molar-refractivity contribution is -0.259. The van der Waals surface area contributed by atoms with E-state index >= 15 is 0 Å². The highest BCUT2D eigenvalue weighted by atomic mass is 16.4. The Morgan fingerprint density at radius 1 is 1.36 bits per heavy atom. The number of nitrogens with two attached hydrogens (primary N) is 1. The van der Waals surface area contributed by atoms with Crippen LogP contribution in [0.2, 0.25) is 0 Å².